The molecule has 0 unspecified atom stereocenters. The average Bonchev–Trinajstić information content (AvgIpc) is 1.61. The van der Waals surface area contributed by atoms with E-state index in [0.717, 1.165) is 11.8 Å². The largest absolute Gasteiger partial charge is 0.360 e. The fraction of sp³-hybridized carbons (Fsp3) is 0.333. The molecule has 2 N–H and O–H groups in total. The van der Waals surface area contributed by atoms with E-state index in [1.54, 1.807) is 6.07 Å². The molecule has 0 saturated carbocycles. The summed E-state index contributed by atoms with van der Waals surface area (Å²) in [5, 5.41) is 7.34. The van der Waals surface area contributed by atoms with E-state index in [9.17, 15) is 4.79 Å². The van der Waals surface area contributed by atoms with Crippen LogP contribution in [0.5, 0.6) is 0 Å². The maximum atomic E-state index is 9.79. The first kappa shape index (κ1) is 6.31. The topological polar surface area (TPSA) is 66.9 Å². The average molecular weight is 116 g/mol. The minimum Gasteiger partial charge on any atom is -0.360 e. The van der Waals surface area contributed by atoms with Gasteiger partial charge in [0, 0.05) is 0 Å². The molecule has 4 heteroatoms. The number of primary amides is 1. The lowest BCUT2D eigenvalue weighted by Crippen LogP contribution is -2.01. The van der Waals surface area contributed by atoms with Crippen molar-refractivity contribution >= 4 is 17.0 Å². The van der Waals surface area contributed by atoms with E-state index in [-0.39, 0.29) is 5.75 Å². The van der Waals surface area contributed by atoms with Crippen LogP contribution in [0.4, 0.5) is 4.79 Å². The monoisotopic (exact) mass is 116 g/mol. The Morgan fingerprint density at radius 1 is 2.00 bits per heavy atom. The number of carbonyl (C=O) groups excluding carboxylic acids is 1. The summed E-state index contributed by atoms with van der Waals surface area (Å²) in [4.78, 5) is 9.79. The third-order valence-corrected chi connectivity index (χ3v) is 0.837. The molecular weight excluding hydrogens is 112 g/mol. The van der Waals surface area contributed by atoms with Gasteiger partial charge in [-0.1, -0.05) is 0 Å². The van der Waals surface area contributed by atoms with Crippen molar-refractivity contribution in [1.82, 2.24) is 0 Å². The molecule has 0 aliphatic carbocycles. The van der Waals surface area contributed by atoms with Gasteiger partial charge in [0.05, 0.1) is 11.8 Å². The lowest BCUT2D eigenvalue weighted by Gasteiger charge is -1.79. The minimum absolute atomic E-state index is 0.148. The molecule has 0 aromatic carbocycles. The van der Waals surface area contributed by atoms with Crippen molar-refractivity contribution in [3.63, 3.8) is 0 Å². The highest BCUT2D eigenvalue weighted by Crippen LogP contribution is 1.94. The Morgan fingerprint density at radius 2 is 2.57 bits per heavy atom. The molecule has 7 heavy (non-hydrogen) atoms. The number of nitriles is 1. The van der Waals surface area contributed by atoms with Gasteiger partial charge in [0.2, 0.25) is 0 Å². The first-order valence-electron chi connectivity index (χ1n) is 1.56. The standard InChI is InChI=1S/C3H4N2OS/c4-1-2-7-3(5)6/h2H2,(H2,5,6). The highest BCUT2D eigenvalue weighted by Gasteiger charge is 1.88. The SMILES string of the molecule is N#CCSC(N)=O. The number of thioether (sulfide) groups is 1. The third-order valence-electron chi connectivity index (χ3n) is 0.279. The Labute approximate surface area is 45.5 Å². The molecule has 0 aromatic heterocycles. The first-order chi connectivity index (χ1) is 3.27. The summed E-state index contributed by atoms with van der Waals surface area (Å²) in [5.41, 5.74) is 4.65. The molecule has 0 bridgehead atoms. The summed E-state index contributed by atoms with van der Waals surface area (Å²) >= 11 is 0.809. The fourth-order valence-corrected chi connectivity index (χ4v) is 0.310. The molecule has 0 spiro atoms. The zero-order valence-electron chi connectivity index (χ0n) is 3.55. The van der Waals surface area contributed by atoms with Crippen LogP contribution in [0.15, 0.2) is 0 Å². The minimum atomic E-state index is -0.499. The molecule has 0 fully saturated rings. The highest BCUT2D eigenvalue weighted by molar-refractivity contribution is 8.13. The van der Waals surface area contributed by atoms with Crippen LogP contribution >= 0.6 is 11.8 Å². The smallest absolute Gasteiger partial charge is 0.277 e. The Hall–Kier alpha value is -0.690. The molecule has 0 atom stereocenters. The molecular formula is C3H4N2OS. The van der Waals surface area contributed by atoms with Crippen molar-refractivity contribution in [2.24, 2.45) is 5.73 Å². The third kappa shape index (κ3) is 5.31. The summed E-state index contributed by atoms with van der Waals surface area (Å²) in [6.07, 6.45) is 0. The maximum Gasteiger partial charge on any atom is 0.277 e. The maximum absolute atomic E-state index is 9.79. The number of amides is 1. The fourth-order valence-electron chi connectivity index (χ4n) is 0.103. The van der Waals surface area contributed by atoms with Crippen LogP contribution in [0.25, 0.3) is 0 Å². The second-order valence-electron chi connectivity index (χ2n) is 0.766. The Morgan fingerprint density at radius 3 is 2.71 bits per heavy atom. The quantitative estimate of drug-likeness (QED) is 0.536. The van der Waals surface area contributed by atoms with Crippen molar-refractivity contribution in [2.45, 2.75) is 0 Å². The predicted octanol–water partition coefficient (Wildman–Crippen LogP) is 0.322. The van der Waals surface area contributed by atoms with Gasteiger partial charge in [0.1, 0.15) is 0 Å². The Balaban J connectivity index is 3.02. The lowest BCUT2D eigenvalue weighted by atomic mass is 10.9. The van der Waals surface area contributed by atoms with Crippen LogP contribution in [0.3, 0.4) is 0 Å². The molecule has 0 aliphatic heterocycles. The van der Waals surface area contributed by atoms with Crippen LogP contribution in [-0.2, 0) is 0 Å². The van der Waals surface area contributed by atoms with Gasteiger partial charge in [-0.2, -0.15) is 5.26 Å². The van der Waals surface area contributed by atoms with Crippen LogP contribution in [0.2, 0.25) is 0 Å². The first-order valence-corrected chi connectivity index (χ1v) is 2.55. The normalized spacial score (nSPS) is 7.29. The highest BCUT2D eigenvalue weighted by atomic mass is 32.2. The molecule has 0 aliphatic rings. The van der Waals surface area contributed by atoms with E-state index in [2.05, 4.69) is 5.73 Å². The van der Waals surface area contributed by atoms with Gasteiger partial charge in [0.25, 0.3) is 5.24 Å². The molecule has 38 valence electrons. The van der Waals surface area contributed by atoms with E-state index in [0.29, 0.717) is 0 Å². The molecule has 0 radical (unpaired) electrons. The van der Waals surface area contributed by atoms with Crippen LogP contribution in [-0.4, -0.2) is 11.0 Å². The zero-order valence-corrected chi connectivity index (χ0v) is 4.36. The summed E-state index contributed by atoms with van der Waals surface area (Å²) < 4.78 is 0. The Kier molecular flexibility index (Phi) is 3.15. The second kappa shape index (κ2) is 3.50. The summed E-state index contributed by atoms with van der Waals surface area (Å²) in [6.45, 7) is 0. The van der Waals surface area contributed by atoms with E-state index >= 15 is 0 Å². The molecule has 3 nitrogen and oxygen atoms in total. The number of nitrogens with two attached hydrogens (primary N) is 1. The van der Waals surface area contributed by atoms with Gasteiger partial charge in [0.15, 0.2) is 0 Å². The molecule has 1 amide bonds. The van der Waals surface area contributed by atoms with Crippen molar-refractivity contribution in [3.05, 3.63) is 0 Å². The van der Waals surface area contributed by atoms with E-state index < -0.39 is 5.24 Å². The van der Waals surface area contributed by atoms with Gasteiger partial charge < -0.3 is 5.73 Å². The van der Waals surface area contributed by atoms with Gasteiger partial charge in [-0.25, -0.2) is 0 Å². The van der Waals surface area contributed by atoms with Crippen molar-refractivity contribution < 1.29 is 4.79 Å². The van der Waals surface area contributed by atoms with Crippen LogP contribution in [0.1, 0.15) is 0 Å². The van der Waals surface area contributed by atoms with Crippen molar-refractivity contribution in [2.75, 3.05) is 5.75 Å². The van der Waals surface area contributed by atoms with Gasteiger partial charge in [-0.15, -0.1) is 0 Å². The van der Waals surface area contributed by atoms with Crippen molar-refractivity contribution in [3.8, 4) is 6.07 Å². The zero-order chi connectivity index (χ0) is 5.70. The van der Waals surface area contributed by atoms with Crippen LogP contribution in [0, 0.1) is 11.3 Å². The summed E-state index contributed by atoms with van der Waals surface area (Å²) in [6, 6.07) is 1.76. The number of carbonyl (C=O) groups is 1. The number of rotatable bonds is 1. The van der Waals surface area contributed by atoms with E-state index in [1.165, 1.54) is 0 Å². The van der Waals surface area contributed by atoms with Gasteiger partial charge in [-0.05, 0) is 11.8 Å². The van der Waals surface area contributed by atoms with E-state index in [4.69, 9.17) is 5.26 Å². The van der Waals surface area contributed by atoms with Gasteiger partial charge >= 0.3 is 0 Å². The Bertz CT molecular complexity index is 106. The molecule has 0 saturated heterocycles. The molecule has 0 aromatic rings. The van der Waals surface area contributed by atoms with Gasteiger partial charge in [-0.3, -0.25) is 4.79 Å². The number of hydrogen-bond donors (Lipinski definition) is 1. The number of hydrogen-bond acceptors (Lipinski definition) is 3. The van der Waals surface area contributed by atoms with Crippen molar-refractivity contribution in [1.29, 1.82) is 5.26 Å². The second-order valence-corrected chi connectivity index (χ2v) is 1.75. The summed E-state index contributed by atoms with van der Waals surface area (Å²) in [5.74, 6) is 0.148. The number of nitrogens with zero attached hydrogens (tertiary/aromatic N) is 1. The van der Waals surface area contributed by atoms with Crippen LogP contribution < -0.4 is 5.73 Å². The summed E-state index contributed by atoms with van der Waals surface area (Å²) in [7, 11) is 0. The molecule has 0 rings (SSSR count). The molecule has 0 heterocycles. The lowest BCUT2D eigenvalue weighted by molar-refractivity contribution is 0.267. The van der Waals surface area contributed by atoms with E-state index in [1.807, 2.05) is 0 Å². The predicted molar refractivity (Wildman–Crippen MR) is 27.7 cm³/mol.